The molecule has 0 fully saturated rings. The second kappa shape index (κ2) is 6.02. The van der Waals surface area contributed by atoms with Crippen LogP contribution in [0, 0.1) is 17.0 Å². The van der Waals surface area contributed by atoms with Gasteiger partial charge in [0.25, 0.3) is 11.6 Å². The van der Waals surface area contributed by atoms with E-state index < -0.39 is 4.92 Å². The van der Waals surface area contributed by atoms with E-state index in [1.54, 1.807) is 24.4 Å². The van der Waals surface area contributed by atoms with Gasteiger partial charge in [-0.05, 0) is 50.9 Å². The maximum atomic E-state index is 12.0. The number of hydrogen-bond donors (Lipinski definition) is 1. The SMILES string of the molecule is Cc1cc(Br)c(NC(=O)c2csc(Br)c2)cc1[N+](=O)[O-]. The number of hydrogen-bond acceptors (Lipinski definition) is 4. The second-order valence-corrected chi connectivity index (χ2v) is 7.11. The van der Waals surface area contributed by atoms with Gasteiger partial charge in [-0.3, -0.25) is 14.9 Å². The van der Waals surface area contributed by atoms with Crippen molar-refractivity contribution in [3.05, 3.63) is 53.1 Å². The molecule has 0 unspecified atom stereocenters. The minimum atomic E-state index is -0.474. The summed E-state index contributed by atoms with van der Waals surface area (Å²) in [6.07, 6.45) is 0. The molecule has 1 aromatic heterocycles. The van der Waals surface area contributed by atoms with E-state index >= 15 is 0 Å². The first kappa shape index (κ1) is 15.1. The monoisotopic (exact) mass is 418 g/mol. The molecule has 0 atom stereocenters. The van der Waals surface area contributed by atoms with Crippen LogP contribution in [0.5, 0.6) is 0 Å². The van der Waals surface area contributed by atoms with E-state index in [4.69, 9.17) is 0 Å². The molecule has 0 aliphatic rings. The van der Waals surface area contributed by atoms with Gasteiger partial charge in [-0.2, -0.15) is 0 Å². The summed E-state index contributed by atoms with van der Waals surface area (Å²) in [7, 11) is 0. The van der Waals surface area contributed by atoms with Gasteiger partial charge in [-0.25, -0.2) is 0 Å². The van der Waals surface area contributed by atoms with Gasteiger partial charge >= 0.3 is 0 Å². The highest BCUT2D eigenvalue weighted by Crippen LogP contribution is 2.31. The summed E-state index contributed by atoms with van der Waals surface area (Å²) in [6, 6.07) is 4.65. The van der Waals surface area contributed by atoms with Crippen molar-refractivity contribution in [3.63, 3.8) is 0 Å². The standard InChI is InChI=1S/C12H8Br2N2O3S/c1-6-2-8(13)9(4-10(6)16(18)19)15-12(17)7-3-11(14)20-5-7/h2-5H,1H3,(H,15,17). The molecule has 20 heavy (non-hydrogen) atoms. The highest BCUT2D eigenvalue weighted by molar-refractivity contribution is 9.11. The van der Waals surface area contributed by atoms with Crippen molar-refractivity contribution < 1.29 is 9.72 Å². The lowest BCUT2D eigenvalue weighted by atomic mass is 10.2. The molecule has 0 saturated heterocycles. The van der Waals surface area contributed by atoms with E-state index in [1.807, 2.05) is 0 Å². The quantitative estimate of drug-likeness (QED) is 0.576. The molecule has 0 aliphatic heterocycles. The first-order valence-corrected chi connectivity index (χ1v) is 7.85. The normalized spacial score (nSPS) is 10.3. The number of carbonyl (C=O) groups is 1. The fourth-order valence-corrected chi connectivity index (χ4v) is 3.27. The Labute approximate surface area is 135 Å². The number of benzene rings is 1. The largest absolute Gasteiger partial charge is 0.321 e. The molecule has 5 nitrogen and oxygen atoms in total. The van der Waals surface area contributed by atoms with Gasteiger partial charge in [0.05, 0.1) is 20.0 Å². The van der Waals surface area contributed by atoms with Crippen LogP contribution in [0.3, 0.4) is 0 Å². The summed E-state index contributed by atoms with van der Waals surface area (Å²) in [5, 5.41) is 15.3. The van der Waals surface area contributed by atoms with Gasteiger partial charge in [-0.1, -0.05) is 0 Å². The highest BCUT2D eigenvalue weighted by Gasteiger charge is 2.16. The topological polar surface area (TPSA) is 72.2 Å². The highest BCUT2D eigenvalue weighted by atomic mass is 79.9. The Hall–Kier alpha value is -1.25. The molecule has 2 rings (SSSR count). The van der Waals surface area contributed by atoms with Gasteiger partial charge in [0, 0.05) is 21.5 Å². The lowest BCUT2D eigenvalue weighted by Gasteiger charge is -2.08. The number of nitrogens with one attached hydrogen (secondary N) is 1. The van der Waals surface area contributed by atoms with Crippen molar-refractivity contribution in [3.8, 4) is 0 Å². The molecule has 0 spiro atoms. The van der Waals surface area contributed by atoms with Crippen LogP contribution in [0.2, 0.25) is 0 Å². The maximum Gasteiger partial charge on any atom is 0.274 e. The molecule has 8 heteroatoms. The molecular formula is C12H8Br2N2O3S. The van der Waals surface area contributed by atoms with E-state index in [9.17, 15) is 14.9 Å². The zero-order chi connectivity index (χ0) is 14.9. The van der Waals surface area contributed by atoms with E-state index in [-0.39, 0.29) is 11.6 Å². The molecule has 0 saturated carbocycles. The number of nitro benzene ring substituents is 1. The number of rotatable bonds is 3. The molecule has 0 radical (unpaired) electrons. The third-order valence-electron chi connectivity index (χ3n) is 2.56. The number of anilines is 1. The van der Waals surface area contributed by atoms with Gasteiger partial charge in [-0.15, -0.1) is 11.3 Å². The number of halogens is 2. The predicted molar refractivity (Wildman–Crippen MR) is 85.5 cm³/mol. The molecule has 0 bridgehead atoms. The number of aryl methyl sites for hydroxylation is 1. The minimum Gasteiger partial charge on any atom is -0.321 e. The Bertz CT molecular complexity index is 700. The third-order valence-corrected chi connectivity index (χ3v) is 4.72. The zero-order valence-electron chi connectivity index (χ0n) is 10.1. The average Bonchev–Trinajstić information content (AvgIpc) is 2.79. The molecule has 1 amide bonds. The number of carbonyl (C=O) groups excluding carboxylic acids is 1. The van der Waals surface area contributed by atoms with Crippen LogP contribution in [-0.4, -0.2) is 10.8 Å². The Morgan fingerprint density at radius 2 is 2.05 bits per heavy atom. The number of nitro groups is 1. The molecule has 2 aromatic rings. The fraction of sp³-hybridized carbons (Fsp3) is 0.0833. The van der Waals surface area contributed by atoms with Crippen LogP contribution in [0.1, 0.15) is 15.9 Å². The Morgan fingerprint density at radius 3 is 2.60 bits per heavy atom. The van der Waals surface area contributed by atoms with Gasteiger partial charge in [0.1, 0.15) is 0 Å². The van der Waals surface area contributed by atoms with E-state index in [0.717, 1.165) is 3.79 Å². The van der Waals surface area contributed by atoms with Crippen molar-refractivity contribution >= 4 is 60.5 Å². The maximum absolute atomic E-state index is 12.0. The Kier molecular flexibility index (Phi) is 4.56. The van der Waals surface area contributed by atoms with E-state index in [0.29, 0.717) is 21.3 Å². The van der Waals surface area contributed by atoms with Crippen LogP contribution >= 0.6 is 43.2 Å². The molecule has 1 N–H and O–H groups in total. The third kappa shape index (κ3) is 3.25. The lowest BCUT2D eigenvalue weighted by Crippen LogP contribution is -2.11. The van der Waals surface area contributed by atoms with Gasteiger partial charge < -0.3 is 5.32 Å². The van der Waals surface area contributed by atoms with E-state index in [1.165, 1.54) is 17.4 Å². The summed E-state index contributed by atoms with van der Waals surface area (Å²) in [4.78, 5) is 22.5. The second-order valence-electron chi connectivity index (χ2n) is 3.97. The Balaban J connectivity index is 2.31. The van der Waals surface area contributed by atoms with Gasteiger partial charge in [0.2, 0.25) is 0 Å². The van der Waals surface area contributed by atoms with Crippen LogP contribution in [0.25, 0.3) is 0 Å². The summed E-state index contributed by atoms with van der Waals surface area (Å²) < 4.78 is 1.44. The Morgan fingerprint density at radius 1 is 1.35 bits per heavy atom. The number of nitrogens with zero attached hydrogens (tertiary/aromatic N) is 1. The average molecular weight is 420 g/mol. The van der Waals surface area contributed by atoms with Crippen LogP contribution in [0.4, 0.5) is 11.4 Å². The zero-order valence-corrected chi connectivity index (χ0v) is 14.1. The molecule has 0 aliphatic carbocycles. The molecule has 1 aromatic carbocycles. The molecule has 1 heterocycles. The lowest BCUT2D eigenvalue weighted by molar-refractivity contribution is -0.385. The number of thiophene rings is 1. The number of amides is 1. The summed E-state index contributed by atoms with van der Waals surface area (Å²) >= 11 is 7.97. The predicted octanol–water partition coefficient (Wildman–Crippen LogP) is 4.74. The van der Waals surface area contributed by atoms with Crippen LogP contribution in [-0.2, 0) is 0 Å². The van der Waals surface area contributed by atoms with Gasteiger partial charge in [0.15, 0.2) is 0 Å². The summed E-state index contributed by atoms with van der Waals surface area (Å²) in [6.45, 7) is 1.64. The van der Waals surface area contributed by atoms with Crippen molar-refractivity contribution in [2.45, 2.75) is 6.92 Å². The molecule has 104 valence electrons. The van der Waals surface area contributed by atoms with Crippen molar-refractivity contribution in [1.82, 2.24) is 0 Å². The summed E-state index contributed by atoms with van der Waals surface area (Å²) in [5.41, 5.74) is 1.36. The smallest absolute Gasteiger partial charge is 0.274 e. The van der Waals surface area contributed by atoms with E-state index in [2.05, 4.69) is 37.2 Å². The minimum absolute atomic E-state index is 0.0324. The summed E-state index contributed by atoms with van der Waals surface area (Å²) in [5.74, 6) is -0.314. The molecular weight excluding hydrogens is 412 g/mol. The van der Waals surface area contributed by atoms with Crippen molar-refractivity contribution in [2.75, 3.05) is 5.32 Å². The first-order chi connectivity index (χ1) is 9.38. The first-order valence-electron chi connectivity index (χ1n) is 5.38. The van der Waals surface area contributed by atoms with Crippen LogP contribution < -0.4 is 5.32 Å². The fourth-order valence-electron chi connectivity index (χ4n) is 1.58. The van der Waals surface area contributed by atoms with Crippen LogP contribution in [0.15, 0.2) is 31.8 Å². The van der Waals surface area contributed by atoms with Crippen molar-refractivity contribution in [1.29, 1.82) is 0 Å². The van der Waals surface area contributed by atoms with Crippen molar-refractivity contribution in [2.24, 2.45) is 0 Å².